The summed E-state index contributed by atoms with van der Waals surface area (Å²) in [7, 11) is -6.37. The van der Waals surface area contributed by atoms with Crippen molar-refractivity contribution in [2.45, 2.75) is 155 Å². The maximum absolute atomic E-state index is 11.8. The van der Waals surface area contributed by atoms with Crippen LogP contribution in [0.25, 0.3) is 0 Å². The second-order valence-corrected chi connectivity index (χ2v) is 29.1. The van der Waals surface area contributed by atoms with E-state index in [9.17, 15) is 9.90 Å². The quantitative estimate of drug-likeness (QED) is 0.207. The highest BCUT2D eigenvalue weighted by Crippen LogP contribution is 2.42. The average Bonchev–Trinajstić information content (AvgIpc) is 2.56. The van der Waals surface area contributed by atoms with E-state index in [1.54, 1.807) is 13.0 Å². The molecule has 0 saturated carbocycles. The number of hydrogen-bond donors (Lipinski definition) is 1. The van der Waals surface area contributed by atoms with Gasteiger partial charge in [0.25, 0.3) is 0 Å². The summed E-state index contributed by atoms with van der Waals surface area (Å²) in [5.41, 5.74) is 0.288. The number of rotatable bonds is 11. The first-order valence-electron chi connectivity index (χ1n) is 13.1. The molecule has 8 heteroatoms. The number of aliphatic carboxylic acids is 1. The lowest BCUT2D eigenvalue weighted by Gasteiger charge is -2.46. The second-order valence-electron chi connectivity index (χ2n) is 14.8. The lowest BCUT2D eigenvalue weighted by atomic mass is 10.1. The first-order chi connectivity index (χ1) is 15.1. The SMILES string of the molecule is C/C(=C\C(O[Si](C)(C)C(C)(C)C)C(CC(C)O[Si](C)(C)C(C)(C)C)O[Si](C)(C)C(C)(C)C)C(=O)O. The van der Waals surface area contributed by atoms with Gasteiger partial charge in [-0.05, 0) is 80.7 Å². The third-order valence-corrected chi connectivity index (χ3v) is 22.1. The van der Waals surface area contributed by atoms with E-state index in [1.807, 2.05) is 0 Å². The first-order valence-corrected chi connectivity index (χ1v) is 21.8. The largest absolute Gasteiger partial charge is 0.478 e. The van der Waals surface area contributed by atoms with Crippen molar-refractivity contribution in [2.24, 2.45) is 0 Å². The molecule has 3 unspecified atom stereocenters. The van der Waals surface area contributed by atoms with Crippen molar-refractivity contribution < 1.29 is 23.2 Å². The minimum absolute atomic E-state index is 0.0129. The van der Waals surface area contributed by atoms with Gasteiger partial charge in [-0.25, -0.2) is 4.79 Å². The smallest absolute Gasteiger partial charge is 0.331 e. The average molecular weight is 547 g/mol. The predicted molar refractivity (Wildman–Crippen MR) is 158 cm³/mol. The van der Waals surface area contributed by atoms with E-state index in [-0.39, 0.29) is 32.9 Å². The Kier molecular flexibility index (Phi) is 11.6. The van der Waals surface area contributed by atoms with Crippen LogP contribution in [0.4, 0.5) is 0 Å². The van der Waals surface area contributed by atoms with Gasteiger partial charge >= 0.3 is 5.97 Å². The van der Waals surface area contributed by atoms with Crippen molar-refractivity contribution >= 4 is 30.9 Å². The Morgan fingerprint density at radius 1 is 0.743 bits per heavy atom. The van der Waals surface area contributed by atoms with E-state index in [1.165, 1.54) is 0 Å². The van der Waals surface area contributed by atoms with Gasteiger partial charge in [-0.1, -0.05) is 62.3 Å². The molecule has 0 aromatic rings. The standard InChI is InChI=1S/C27H58O5Si3/c1-20(24(28)29)18-22(31-34(14,15)26(6,7)8)23(32-35(16,17)27(9,10)11)19-21(2)30-33(12,13)25(3,4)5/h18,21-23H,19H2,1-17H3,(H,28,29)/b20-18+. The Morgan fingerprint density at radius 3 is 1.43 bits per heavy atom. The molecule has 0 bridgehead atoms. The van der Waals surface area contributed by atoms with E-state index in [0.717, 1.165) is 0 Å². The monoisotopic (exact) mass is 546 g/mol. The topological polar surface area (TPSA) is 65.0 Å². The molecule has 0 aliphatic heterocycles. The van der Waals surface area contributed by atoms with Crippen molar-refractivity contribution in [1.82, 2.24) is 0 Å². The molecule has 3 atom stereocenters. The molecule has 0 saturated heterocycles. The van der Waals surface area contributed by atoms with E-state index >= 15 is 0 Å². The summed E-state index contributed by atoms with van der Waals surface area (Å²) >= 11 is 0. The van der Waals surface area contributed by atoms with Gasteiger partial charge in [0.05, 0.1) is 12.2 Å². The van der Waals surface area contributed by atoms with Crippen molar-refractivity contribution in [2.75, 3.05) is 0 Å². The molecule has 0 amide bonds. The zero-order valence-corrected chi connectivity index (χ0v) is 29.1. The fourth-order valence-electron chi connectivity index (χ4n) is 2.91. The summed E-state index contributed by atoms with van der Waals surface area (Å²) in [6.07, 6.45) is 1.65. The highest BCUT2D eigenvalue weighted by Gasteiger charge is 2.45. The third-order valence-electron chi connectivity index (χ3n) is 8.47. The summed E-state index contributed by atoms with van der Waals surface area (Å²) in [5, 5.41) is 9.80. The normalized spacial score (nSPS) is 17.8. The molecule has 0 aliphatic rings. The van der Waals surface area contributed by atoms with Crippen LogP contribution in [0.15, 0.2) is 11.6 Å². The highest BCUT2D eigenvalue weighted by molar-refractivity contribution is 6.75. The Labute approximate surface area is 220 Å². The molecule has 0 aromatic heterocycles. The van der Waals surface area contributed by atoms with E-state index in [4.69, 9.17) is 13.3 Å². The summed E-state index contributed by atoms with van der Waals surface area (Å²) in [4.78, 5) is 11.8. The van der Waals surface area contributed by atoms with Gasteiger partial charge in [0.1, 0.15) is 0 Å². The molecule has 0 rings (SSSR count). The van der Waals surface area contributed by atoms with Gasteiger partial charge in [-0.2, -0.15) is 0 Å². The number of carboxylic acid groups (broad SMARTS) is 1. The lowest BCUT2D eigenvalue weighted by Crippen LogP contribution is -2.53. The zero-order valence-electron chi connectivity index (χ0n) is 26.1. The van der Waals surface area contributed by atoms with Crippen LogP contribution < -0.4 is 0 Å². The fraction of sp³-hybridized carbons (Fsp3) is 0.889. The minimum atomic E-state index is -2.22. The summed E-state index contributed by atoms with van der Waals surface area (Å²) in [5.74, 6) is -0.925. The molecule has 35 heavy (non-hydrogen) atoms. The minimum Gasteiger partial charge on any atom is -0.478 e. The van der Waals surface area contributed by atoms with Gasteiger partial charge in [-0.15, -0.1) is 0 Å². The molecule has 0 spiro atoms. The summed E-state index contributed by atoms with van der Waals surface area (Å²) < 4.78 is 20.6. The third kappa shape index (κ3) is 10.2. The van der Waals surface area contributed by atoms with Crippen molar-refractivity contribution in [1.29, 1.82) is 0 Å². The van der Waals surface area contributed by atoms with Crippen LogP contribution in [0.2, 0.25) is 54.4 Å². The molecule has 208 valence electrons. The van der Waals surface area contributed by atoms with Crippen LogP contribution in [0.1, 0.15) is 82.6 Å². The van der Waals surface area contributed by atoms with Crippen molar-refractivity contribution in [3.63, 3.8) is 0 Å². The van der Waals surface area contributed by atoms with Gasteiger partial charge in [0.15, 0.2) is 25.0 Å². The van der Waals surface area contributed by atoms with Gasteiger partial charge < -0.3 is 18.4 Å². The number of carbonyl (C=O) groups is 1. The van der Waals surface area contributed by atoms with Crippen LogP contribution >= 0.6 is 0 Å². The van der Waals surface area contributed by atoms with E-state index in [0.29, 0.717) is 6.42 Å². The van der Waals surface area contributed by atoms with E-state index in [2.05, 4.69) is 109 Å². The summed E-state index contributed by atoms with van der Waals surface area (Å²) in [6, 6.07) is 0. The Bertz CT molecular complexity index is 737. The lowest BCUT2D eigenvalue weighted by molar-refractivity contribution is -0.132. The van der Waals surface area contributed by atoms with Gasteiger partial charge in [-0.3, -0.25) is 0 Å². The zero-order chi connectivity index (χ0) is 28.4. The Balaban J connectivity index is 6.54. The Hall–Kier alpha value is -0.259. The fourth-order valence-corrected chi connectivity index (χ4v) is 6.96. The number of carboxylic acids is 1. The molecular weight excluding hydrogens is 489 g/mol. The van der Waals surface area contributed by atoms with Crippen LogP contribution in [-0.2, 0) is 18.1 Å². The van der Waals surface area contributed by atoms with Crippen LogP contribution in [-0.4, -0.2) is 54.3 Å². The van der Waals surface area contributed by atoms with Crippen LogP contribution in [0, 0.1) is 0 Å². The van der Waals surface area contributed by atoms with Crippen molar-refractivity contribution in [3.05, 3.63) is 11.6 Å². The molecule has 0 heterocycles. The highest BCUT2D eigenvalue weighted by atomic mass is 28.4. The molecule has 5 nitrogen and oxygen atoms in total. The molecular formula is C27H58O5Si3. The molecule has 0 aromatic carbocycles. The number of hydrogen-bond acceptors (Lipinski definition) is 4. The molecule has 1 N–H and O–H groups in total. The van der Waals surface area contributed by atoms with Crippen molar-refractivity contribution in [3.8, 4) is 0 Å². The second kappa shape index (κ2) is 11.6. The Morgan fingerprint density at radius 2 is 1.09 bits per heavy atom. The molecule has 0 fully saturated rings. The van der Waals surface area contributed by atoms with E-state index < -0.39 is 37.0 Å². The molecule has 0 radical (unpaired) electrons. The van der Waals surface area contributed by atoms with Crippen LogP contribution in [0.3, 0.4) is 0 Å². The summed E-state index contributed by atoms with van der Waals surface area (Å²) in [6.45, 7) is 37.3. The van der Waals surface area contributed by atoms with Gasteiger partial charge in [0, 0.05) is 11.7 Å². The first kappa shape index (κ1) is 34.7. The maximum atomic E-state index is 11.8. The van der Waals surface area contributed by atoms with Crippen LogP contribution in [0.5, 0.6) is 0 Å². The molecule has 0 aliphatic carbocycles. The maximum Gasteiger partial charge on any atom is 0.331 e. The van der Waals surface area contributed by atoms with Gasteiger partial charge in [0.2, 0.25) is 0 Å². The predicted octanol–water partition coefficient (Wildman–Crippen LogP) is 8.60.